The summed E-state index contributed by atoms with van der Waals surface area (Å²) < 4.78 is 0. The number of aromatic nitrogens is 1. The number of amides is 2. The summed E-state index contributed by atoms with van der Waals surface area (Å²) in [7, 11) is 0. The molecule has 2 N–H and O–H groups in total. The maximum atomic E-state index is 11.6. The lowest BCUT2D eigenvalue weighted by Crippen LogP contribution is -2.38. The summed E-state index contributed by atoms with van der Waals surface area (Å²) in [5.74, 6) is 0. The minimum absolute atomic E-state index is 0.0806. The first-order valence-electron chi connectivity index (χ1n) is 5.83. The first kappa shape index (κ1) is 12.7. The summed E-state index contributed by atoms with van der Waals surface area (Å²) in [6, 6.07) is -0.139. The smallest absolute Gasteiger partial charge is 0.335 e. The Morgan fingerprint density at radius 3 is 2.78 bits per heavy atom. The third-order valence-electron chi connectivity index (χ3n) is 2.83. The fourth-order valence-corrected chi connectivity index (χ4v) is 2.60. The molecule has 1 aromatic heterocycles. The number of anilines is 1. The van der Waals surface area contributed by atoms with E-state index in [0.29, 0.717) is 0 Å². The van der Waals surface area contributed by atoms with Gasteiger partial charge in [-0.1, -0.05) is 19.3 Å². The lowest BCUT2D eigenvalue weighted by atomic mass is 9.96. The van der Waals surface area contributed by atoms with Gasteiger partial charge in [-0.2, -0.15) is 0 Å². The lowest BCUT2D eigenvalue weighted by Gasteiger charge is -2.22. The normalized spacial score (nSPS) is 16.2. The Hall–Kier alpha value is -1.70. The van der Waals surface area contributed by atoms with Gasteiger partial charge in [-0.3, -0.25) is 15.4 Å². The highest BCUT2D eigenvalue weighted by molar-refractivity contribution is 7.18. The van der Waals surface area contributed by atoms with E-state index in [0.717, 1.165) is 43.2 Å². The van der Waals surface area contributed by atoms with Crippen LogP contribution < -0.4 is 10.6 Å². The zero-order chi connectivity index (χ0) is 13.0. The molecule has 1 aliphatic carbocycles. The highest BCUT2D eigenvalue weighted by Gasteiger charge is 2.17. The van der Waals surface area contributed by atoms with Crippen molar-refractivity contribution in [2.45, 2.75) is 38.1 Å². The third-order valence-corrected chi connectivity index (χ3v) is 3.70. The van der Waals surface area contributed by atoms with E-state index in [9.17, 15) is 14.9 Å². The number of thiazole rings is 1. The standard InChI is InChI=1S/C10H14N4O3S/c15-9(12-7-4-2-1-3-5-7)13-10-11-6-8(18-10)14(16)17/h6-7H,1-5H2,(H2,11,12,13,15). The van der Waals surface area contributed by atoms with Crippen molar-refractivity contribution in [3.8, 4) is 0 Å². The highest BCUT2D eigenvalue weighted by atomic mass is 32.1. The Morgan fingerprint density at radius 1 is 1.44 bits per heavy atom. The first-order valence-corrected chi connectivity index (χ1v) is 6.64. The monoisotopic (exact) mass is 270 g/mol. The average Bonchev–Trinajstić information content (AvgIpc) is 2.78. The number of hydrogen-bond donors (Lipinski definition) is 2. The number of nitrogens with zero attached hydrogens (tertiary/aromatic N) is 2. The Balaban J connectivity index is 1.84. The first-order chi connectivity index (χ1) is 8.65. The van der Waals surface area contributed by atoms with E-state index < -0.39 is 4.92 Å². The summed E-state index contributed by atoms with van der Waals surface area (Å²) in [4.78, 5) is 25.3. The van der Waals surface area contributed by atoms with Crippen molar-refractivity contribution in [1.82, 2.24) is 10.3 Å². The fourth-order valence-electron chi connectivity index (χ4n) is 1.97. The van der Waals surface area contributed by atoms with Gasteiger partial charge in [0.25, 0.3) is 0 Å². The molecule has 0 aliphatic heterocycles. The van der Waals surface area contributed by atoms with Crippen LogP contribution in [0.3, 0.4) is 0 Å². The van der Waals surface area contributed by atoms with Crippen molar-refractivity contribution in [1.29, 1.82) is 0 Å². The van der Waals surface area contributed by atoms with Gasteiger partial charge in [0.1, 0.15) is 6.20 Å². The van der Waals surface area contributed by atoms with Gasteiger partial charge in [-0.15, -0.1) is 0 Å². The van der Waals surface area contributed by atoms with E-state index in [1.165, 1.54) is 6.42 Å². The molecule has 1 heterocycles. The number of rotatable bonds is 3. The highest BCUT2D eigenvalue weighted by Crippen LogP contribution is 2.25. The largest absolute Gasteiger partial charge is 0.345 e. The maximum Gasteiger partial charge on any atom is 0.345 e. The van der Waals surface area contributed by atoms with Crippen LogP contribution >= 0.6 is 11.3 Å². The van der Waals surface area contributed by atoms with Crippen LogP contribution in [0.4, 0.5) is 14.9 Å². The molecule has 2 rings (SSSR count). The van der Waals surface area contributed by atoms with Crippen molar-refractivity contribution >= 4 is 27.5 Å². The zero-order valence-electron chi connectivity index (χ0n) is 9.72. The predicted octanol–water partition coefficient (Wildman–Crippen LogP) is 2.51. The summed E-state index contributed by atoms with van der Waals surface area (Å²) in [5, 5.41) is 16.0. The molecule has 0 aromatic carbocycles. The molecule has 0 spiro atoms. The van der Waals surface area contributed by atoms with Gasteiger partial charge in [-0.25, -0.2) is 9.78 Å². The quantitative estimate of drug-likeness (QED) is 0.651. The zero-order valence-corrected chi connectivity index (χ0v) is 10.5. The Bertz CT molecular complexity index is 442. The van der Waals surface area contributed by atoms with Crippen LogP contribution in [0.15, 0.2) is 6.20 Å². The molecule has 18 heavy (non-hydrogen) atoms. The molecule has 0 radical (unpaired) electrons. The molecule has 1 saturated carbocycles. The summed E-state index contributed by atoms with van der Waals surface area (Å²) in [5.41, 5.74) is 0. The van der Waals surface area contributed by atoms with E-state index >= 15 is 0 Å². The molecule has 2 amide bonds. The van der Waals surface area contributed by atoms with E-state index in [1.54, 1.807) is 0 Å². The lowest BCUT2D eigenvalue weighted by molar-refractivity contribution is -0.380. The summed E-state index contributed by atoms with van der Waals surface area (Å²) in [6.07, 6.45) is 6.61. The number of carbonyl (C=O) groups is 1. The molecule has 7 nitrogen and oxygen atoms in total. The predicted molar refractivity (Wildman–Crippen MR) is 67.8 cm³/mol. The van der Waals surface area contributed by atoms with Crippen LogP contribution in [0.25, 0.3) is 0 Å². The van der Waals surface area contributed by atoms with Crippen molar-refractivity contribution < 1.29 is 9.72 Å². The molecule has 1 fully saturated rings. The molecule has 0 atom stereocenters. The van der Waals surface area contributed by atoms with Crippen LogP contribution in [0.2, 0.25) is 0 Å². The Labute approximate surface area is 108 Å². The van der Waals surface area contributed by atoms with Crippen LogP contribution in [-0.2, 0) is 0 Å². The van der Waals surface area contributed by atoms with Crippen LogP contribution in [0.5, 0.6) is 0 Å². The van der Waals surface area contributed by atoms with Gasteiger partial charge < -0.3 is 5.32 Å². The second-order valence-electron chi connectivity index (χ2n) is 4.19. The summed E-state index contributed by atoms with van der Waals surface area (Å²) >= 11 is 0.849. The number of nitrogens with one attached hydrogen (secondary N) is 2. The second kappa shape index (κ2) is 5.76. The number of nitro groups is 1. The topological polar surface area (TPSA) is 97.2 Å². The molecule has 0 unspecified atom stereocenters. The van der Waals surface area contributed by atoms with Gasteiger partial charge in [0.2, 0.25) is 0 Å². The average molecular weight is 270 g/mol. The van der Waals surface area contributed by atoms with E-state index in [-0.39, 0.29) is 22.2 Å². The fraction of sp³-hybridized carbons (Fsp3) is 0.600. The summed E-state index contributed by atoms with van der Waals surface area (Å²) in [6.45, 7) is 0. The van der Waals surface area contributed by atoms with Gasteiger partial charge in [0.05, 0.1) is 4.92 Å². The molecule has 1 aliphatic rings. The van der Waals surface area contributed by atoms with Gasteiger partial charge in [0, 0.05) is 6.04 Å². The van der Waals surface area contributed by atoms with E-state index in [4.69, 9.17) is 0 Å². The molecular weight excluding hydrogens is 256 g/mol. The van der Waals surface area contributed by atoms with Crippen molar-refractivity contribution in [3.63, 3.8) is 0 Å². The van der Waals surface area contributed by atoms with E-state index in [1.807, 2.05) is 0 Å². The third kappa shape index (κ3) is 3.39. The maximum absolute atomic E-state index is 11.6. The minimum atomic E-state index is -0.526. The molecule has 98 valence electrons. The van der Waals surface area contributed by atoms with Crippen molar-refractivity contribution in [3.05, 3.63) is 16.3 Å². The van der Waals surface area contributed by atoms with Crippen molar-refractivity contribution in [2.75, 3.05) is 5.32 Å². The Kier molecular flexibility index (Phi) is 4.08. The van der Waals surface area contributed by atoms with Gasteiger partial charge in [0.15, 0.2) is 5.13 Å². The van der Waals surface area contributed by atoms with Crippen molar-refractivity contribution in [2.24, 2.45) is 0 Å². The number of hydrogen-bond acceptors (Lipinski definition) is 5. The van der Waals surface area contributed by atoms with Crippen LogP contribution in [0.1, 0.15) is 32.1 Å². The van der Waals surface area contributed by atoms with Crippen LogP contribution in [-0.4, -0.2) is 22.0 Å². The molecule has 0 saturated heterocycles. The van der Waals surface area contributed by atoms with E-state index in [2.05, 4.69) is 15.6 Å². The second-order valence-corrected chi connectivity index (χ2v) is 5.20. The molecule has 0 bridgehead atoms. The SMILES string of the molecule is O=C(Nc1ncc([N+](=O)[O-])s1)NC1CCCCC1. The van der Waals surface area contributed by atoms with Gasteiger partial charge >= 0.3 is 11.0 Å². The molecular formula is C10H14N4O3S. The van der Waals surface area contributed by atoms with Gasteiger partial charge in [-0.05, 0) is 24.2 Å². The number of urea groups is 1. The molecule has 1 aromatic rings. The molecule has 8 heteroatoms. The Morgan fingerprint density at radius 2 is 2.17 bits per heavy atom. The minimum Gasteiger partial charge on any atom is -0.335 e. The van der Waals surface area contributed by atoms with Crippen LogP contribution in [0, 0.1) is 10.1 Å². The number of carbonyl (C=O) groups excluding carboxylic acids is 1.